The molecule has 1 unspecified atom stereocenters. The normalized spacial score (nSPS) is 17.2. The van der Waals surface area contributed by atoms with Crippen molar-refractivity contribution in [2.45, 2.75) is 23.3 Å². The Balaban J connectivity index is 1.59. The fourth-order valence-corrected chi connectivity index (χ4v) is 6.79. The number of nitrogens with zero attached hydrogens (tertiary/aromatic N) is 1. The zero-order valence-corrected chi connectivity index (χ0v) is 23.5. The van der Waals surface area contributed by atoms with Crippen molar-refractivity contribution in [1.29, 1.82) is 0 Å². The lowest BCUT2D eigenvalue weighted by molar-refractivity contribution is -0.140. The van der Waals surface area contributed by atoms with Gasteiger partial charge in [0, 0.05) is 29.2 Å². The second kappa shape index (κ2) is 10.3. The van der Waals surface area contributed by atoms with E-state index in [1.165, 1.54) is 32.9 Å². The van der Waals surface area contributed by atoms with Gasteiger partial charge < -0.3 is 14.4 Å². The average molecular weight is 560 g/mol. The molecule has 2 heterocycles. The van der Waals surface area contributed by atoms with Gasteiger partial charge in [0.15, 0.2) is 5.12 Å². The first kappa shape index (κ1) is 26.4. The zero-order valence-electron chi connectivity index (χ0n) is 22.6. The molecule has 0 fully saturated rings. The summed E-state index contributed by atoms with van der Waals surface area (Å²) in [6.07, 6.45) is 5.53. The molecule has 202 valence electrons. The van der Waals surface area contributed by atoms with Crippen molar-refractivity contribution in [3.63, 3.8) is 0 Å². The number of carbonyl (C=O) groups excluding carboxylic acids is 3. The molecule has 2 aliphatic heterocycles. The third kappa shape index (κ3) is 4.02. The van der Waals surface area contributed by atoms with Crippen molar-refractivity contribution in [1.82, 2.24) is 4.90 Å². The van der Waals surface area contributed by atoms with Crippen molar-refractivity contribution >= 4 is 28.8 Å². The Kier molecular flexibility index (Phi) is 6.64. The van der Waals surface area contributed by atoms with Crippen LogP contribution in [0.5, 0.6) is 0 Å². The minimum atomic E-state index is -1.09. The summed E-state index contributed by atoms with van der Waals surface area (Å²) in [7, 11) is 2.63. The summed E-state index contributed by atoms with van der Waals surface area (Å²) in [5.74, 6) is 5.37. The van der Waals surface area contributed by atoms with Crippen LogP contribution in [0.3, 0.4) is 0 Å². The van der Waals surface area contributed by atoms with E-state index in [0.29, 0.717) is 0 Å². The van der Waals surface area contributed by atoms with Crippen molar-refractivity contribution in [2.75, 3.05) is 14.2 Å². The standard InChI is InChI=1S/C34H25NO5S/c1-21(36)41-24-18-15-22(16-19-24)14-17-23-9-8-20-35-30(33(38)40-3)29(32(37)39-2)34(31(23)35)27-12-6-4-10-25(27)26-11-5-7-13-28(26)34/h4-13,15-16,18-20,31H,1-3H3. The van der Waals surface area contributed by atoms with Gasteiger partial charge in [0.2, 0.25) is 0 Å². The molecule has 0 radical (unpaired) electrons. The Morgan fingerprint density at radius 3 is 2.02 bits per heavy atom. The van der Waals surface area contributed by atoms with E-state index in [0.717, 1.165) is 38.3 Å². The Morgan fingerprint density at radius 2 is 1.44 bits per heavy atom. The summed E-state index contributed by atoms with van der Waals surface area (Å²) >= 11 is 1.17. The van der Waals surface area contributed by atoms with Crippen LogP contribution in [-0.4, -0.2) is 42.2 Å². The SMILES string of the molecule is COC(=O)C1=C(C(=O)OC)C2(c3ccccc3-c3ccccc32)C2C(C#Cc3ccc(SC(C)=O)cc3)=CC=CN12. The largest absolute Gasteiger partial charge is 0.466 e. The number of carbonyl (C=O) groups is 3. The molecule has 1 atom stereocenters. The van der Waals surface area contributed by atoms with E-state index in [2.05, 4.69) is 11.8 Å². The minimum absolute atomic E-state index is 0.0158. The van der Waals surface area contributed by atoms with Gasteiger partial charge in [0.1, 0.15) is 5.70 Å². The molecule has 0 saturated heterocycles. The van der Waals surface area contributed by atoms with Crippen LogP contribution in [0.15, 0.2) is 113 Å². The number of thioether (sulfide) groups is 1. The summed E-state index contributed by atoms with van der Waals surface area (Å²) in [6.45, 7) is 1.53. The molecule has 0 N–H and O–H groups in total. The molecule has 1 spiro atoms. The number of esters is 2. The maximum Gasteiger partial charge on any atom is 0.355 e. The van der Waals surface area contributed by atoms with Crippen LogP contribution in [0.1, 0.15) is 23.6 Å². The van der Waals surface area contributed by atoms with E-state index in [1.807, 2.05) is 84.9 Å². The number of methoxy groups -OCH3 is 2. The van der Waals surface area contributed by atoms with E-state index >= 15 is 0 Å². The van der Waals surface area contributed by atoms with Gasteiger partial charge in [-0.3, -0.25) is 4.79 Å². The van der Waals surface area contributed by atoms with Gasteiger partial charge in [-0.15, -0.1) is 0 Å². The second-order valence-electron chi connectivity index (χ2n) is 9.75. The summed E-state index contributed by atoms with van der Waals surface area (Å²) in [4.78, 5) is 41.3. The number of fused-ring (bicyclic) bond motifs is 7. The molecular weight excluding hydrogens is 534 g/mol. The Bertz CT molecular complexity index is 1720. The van der Waals surface area contributed by atoms with Gasteiger partial charge in [-0.05, 0) is 58.7 Å². The maximum absolute atomic E-state index is 13.7. The molecule has 6 rings (SSSR count). The highest BCUT2D eigenvalue weighted by atomic mass is 32.2. The lowest BCUT2D eigenvalue weighted by Gasteiger charge is -2.39. The highest BCUT2D eigenvalue weighted by Crippen LogP contribution is 2.61. The quantitative estimate of drug-likeness (QED) is 0.242. The van der Waals surface area contributed by atoms with Gasteiger partial charge in [0.25, 0.3) is 0 Å². The van der Waals surface area contributed by atoms with E-state index in [4.69, 9.17) is 9.47 Å². The highest BCUT2D eigenvalue weighted by molar-refractivity contribution is 8.13. The van der Waals surface area contributed by atoms with Crippen LogP contribution in [0, 0.1) is 11.8 Å². The van der Waals surface area contributed by atoms with Gasteiger partial charge in [-0.25, -0.2) is 9.59 Å². The first-order valence-corrected chi connectivity index (χ1v) is 13.8. The molecule has 3 aliphatic rings. The number of hydrogen-bond acceptors (Lipinski definition) is 7. The van der Waals surface area contributed by atoms with E-state index in [9.17, 15) is 14.4 Å². The van der Waals surface area contributed by atoms with Gasteiger partial charge in [-0.2, -0.15) is 0 Å². The third-order valence-corrected chi connectivity index (χ3v) is 8.42. The van der Waals surface area contributed by atoms with Crippen molar-refractivity contribution in [3.8, 4) is 23.0 Å². The van der Waals surface area contributed by atoms with Crippen LogP contribution < -0.4 is 0 Å². The van der Waals surface area contributed by atoms with E-state index in [-0.39, 0.29) is 16.4 Å². The predicted octanol–water partition coefficient (Wildman–Crippen LogP) is 5.38. The monoisotopic (exact) mass is 559 g/mol. The molecule has 0 aromatic heterocycles. The Labute approximate surface area is 242 Å². The van der Waals surface area contributed by atoms with Crippen LogP contribution in [0.4, 0.5) is 0 Å². The van der Waals surface area contributed by atoms with Crippen molar-refractivity contribution in [3.05, 3.63) is 125 Å². The molecule has 41 heavy (non-hydrogen) atoms. The minimum Gasteiger partial charge on any atom is -0.466 e. The Morgan fingerprint density at radius 1 is 0.829 bits per heavy atom. The lowest BCUT2D eigenvalue weighted by atomic mass is 9.66. The number of rotatable bonds is 3. The highest BCUT2D eigenvalue weighted by Gasteiger charge is 2.63. The smallest absolute Gasteiger partial charge is 0.355 e. The molecule has 0 bridgehead atoms. The summed E-state index contributed by atoms with van der Waals surface area (Å²) < 4.78 is 10.6. The van der Waals surface area contributed by atoms with Gasteiger partial charge in [-0.1, -0.05) is 72.1 Å². The fraction of sp³-hybridized carbons (Fsp3) is 0.147. The summed E-state index contributed by atoms with van der Waals surface area (Å²) in [6, 6.07) is 22.8. The molecular formula is C34H25NO5S. The summed E-state index contributed by atoms with van der Waals surface area (Å²) in [5, 5.41) is 0.0158. The topological polar surface area (TPSA) is 72.9 Å². The van der Waals surface area contributed by atoms with Crippen LogP contribution >= 0.6 is 11.8 Å². The molecule has 7 heteroatoms. The number of allylic oxidation sites excluding steroid dienone is 2. The first-order chi connectivity index (χ1) is 19.9. The molecule has 0 amide bonds. The van der Waals surface area contributed by atoms with Crippen molar-refractivity contribution < 1.29 is 23.9 Å². The van der Waals surface area contributed by atoms with E-state index in [1.54, 1.807) is 11.1 Å². The second-order valence-corrected chi connectivity index (χ2v) is 11.0. The van der Waals surface area contributed by atoms with Gasteiger partial charge in [0.05, 0.1) is 31.2 Å². The maximum atomic E-state index is 13.7. The number of hydrogen-bond donors (Lipinski definition) is 0. The number of benzene rings is 3. The van der Waals surface area contributed by atoms with Crippen molar-refractivity contribution in [2.24, 2.45) is 0 Å². The van der Waals surface area contributed by atoms with Crippen LogP contribution in [0.2, 0.25) is 0 Å². The van der Waals surface area contributed by atoms with Gasteiger partial charge >= 0.3 is 11.9 Å². The fourth-order valence-electron chi connectivity index (χ4n) is 6.19. The molecule has 1 aliphatic carbocycles. The van der Waals surface area contributed by atoms with Crippen LogP contribution in [-0.2, 0) is 29.3 Å². The van der Waals surface area contributed by atoms with E-state index < -0.39 is 23.4 Å². The first-order valence-electron chi connectivity index (χ1n) is 13.0. The summed E-state index contributed by atoms with van der Waals surface area (Å²) in [5.41, 5.74) is 4.51. The number of ether oxygens (including phenoxy) is 2. The predicted molar refractivity (Wildman–Crippen MR) is 156 cm³/mol. The molecule has 3 aromatic rings. The average Bonchev–Trinajstić information content (AvgIpc) is 3.47. The van der Waals surface area contributed by atoms with Crippen LogP contribution in [0.25, 0.3) is 11.1 Å². The third-order valence-electron chi connectivity index (χ3n) is 7.62. The molecule has 0 saturated carbocycles. The Hall–Kier alpha value is -4.80. The molecule has 3 aromatic carbocycles. The molecule has 6 nitrogen and oxygen atoms in total. The lowest BCUT2D eigenvalue weighted by Crippen LogP contribution is -2.46. The zero-order chi connectivity index (χ0) is 28.7.